The van der Waals surface area contributed by atoms with Crippen molar-refractivity contribution in [3.63, 3.8) is 0 Å². The summed E-state index contributed by atoms with van der Waals surface area (Å²) in [5.74, 6) is 0.905. The number of nitrogens with one attached hydrogen (secondary N) is 2. The van der Waals surface area contributed by atoms with E-state index in [1.807, 2.05) is 0 Å². The summed E-state index contributed by atoms with van der Waals surface area (Å²) >= 11 is 0. The van der Waals surface area contributed by atoms with Crippen molar-refractivity contribution in [2.24, 2.45) is 4.99 Å². The van der Waals surface area contributed by atoms with Crippen molar-refractivity contribution in [3.8, 4) is 0 Å². The molecular formula is C17H26N4. The second-order valence-corrected chi connectivity index (χ2v) is 5.54. The van der Waals surface area contributed by atoms with Crippen LogP contribution in [0.25, 0.3) is 0 Å². The normalized spacial score (nSPS) is 15.3. The average Bonchev–Trinajstić information content (AvgIpc) is 2.98. The Morgan fingerprint density at radius 3 is 2.43 bits per heavy atom. The summed E-state index contributed by atoms with van der Waals surface area (Å²) in [5, 5.41) is 6.80. The van der Waals surface area contributed by atoms with Gasteiger partial charge in [0.15, 0.2) is 5.96 Å². The van der Waals surface area contributed by atoms with Gasteiger partial charge in [0, 0.05) is 32.4 Å². The van der Waals surface area contributed by atoms with Crippen LogP contribution < -0.4 is 15.5 Å². The summed E-state index contributed by atoms with van der Waals surface area (Å²) in [4.78, 5) is 6.78. The van der Waals surface area contributed by atoms with Crippen LogP contribution in [0.5, 0.6) is 0 Å². The maximum Gasteiger partial charge on any atom is 0.191 e. The first-order valence-electron chi connectivity index (χ1n) is 7.65. The van der Waals surface area contributed by atoms with Crippen LogP contribution in [0.2, 0.25) is 0 Å². The summed E-state index contributed by atoms with van der Waals surface area (Å²) in [6.07, 6.45) is 6.62. The summed E-state index contributed by atoms with van der Waals surface area (Å²) in [7, 11) is 4.10. The summed E-state index contributed by atoms with van der Waals surface area (Å²) < 4.78 is 0. The van der Waals surface area contributed by atoms with Crippen LogP contribution in [0.1, 0.15) is 25.3 Å². The number of rotatable bonds is 5. The molecule has 0 aliphatic heterocycles. The number of hydrogen-bond acceptors (Lipinski definition) is 2. The zero-order valence-electron chi connectivity index (χ0n) is 13.3. The van der Waals surface area contributed by atoms with E-state index in [1.54, 1.807) is 0 Å². The first-order chi connectivity index (χ1) is 10.2. The van der Waals surface area contributed by atoms with Crippen LogP contribution in [0.4, 0.5) is 5.69 Å². The Balaban J connectivity index is 1.94. The lowest BCUT2D eigenvalue weighted by Gasteiger charge is -2.17. The lowest BCUT2D eigenvalue weighted by molar-refractivity contribution is 0.633. The third kappa shape index (κ3) is 4.81. The molecule has 0 aromatic heterocycles. The van der Waals surface area contributed by atoms with Crippen molar-refractivity contribution < 1.29 is 0 Å². The van der Waals surface area contributed by atoms with E-state index >= 15 is 0 Å². The van der Waals surface area contributed by atoms with Gasteiger partial charge in [-0.15, -0.1) is 0 Å². The van der Waals surface area contributed by atoms with Gasteiger partial charge in [0.25, 0.3) is 0 Å². The number of anilines is 1. The van der Waals surface area contributed by atoms with E-state index in [0.29, 0.717) is 12.6 Å². The predicted octanol–water partition coefficient (Wildman–Crippen LogP) is 2.53. The van der Waals surface area contributed by atoms with E-state index in [9.17, 15) is 0 Å². The van der Waals surface area contributed by atoms with E-state index in [2.05, 4.69) is 78.0 Å². The molecular weight excluding hydrogens is 260 g/mol. The van der Waals surface area contributed by atoms with Gasteiger partial charge in [0.05, 0.1) is 6.54 Å². The number of guanidine groups is 1. The Bertz CT molecular complexity index is 480. The fraction of sp³-hybridized carbons (Fsp3) is 0.471. The molecule has 0 radical (unpaired) electrons. The number of benzene rings is 1. The van der Waals surface area contributed by atoms with Gasteiger partial charge < -0.3 is 15.5 Å². The third-order valence-electron chi connectivity index (χ3n) is 3.57. The van der Waals surface area contributed by atoms with Crippen molar-refractivity contribution in [3.05, 3.63) is 42.0 Å². The van der Waals surface area contributed by atoms with Gasteiger partial charge in [0.1, 0.15) is 0 Å². The zero-order valence-corrected chi connectivity index (χ0v) is 13.3. The molecule has 0 saturated heterocycles. The fourth-order valence-electron chi connectivity index (χ4n) is 2.32. The van der Waals surface area contributed by atoms with E-state index in [1.165, 1.54) is 11.3 Å². The topological polar surface area (TPSA) is 39.7 Å². The van der Waals surface area contributed by atoms with Crippen molar-refractivity contribution in [2.45, 2.75) is 32.4 Å². The molecule has 1 aromatic rings. The fourth-order valence-corrected chi connectivity index (χ4v) is 2.32. The molecule has 4 heteroatoms. The Hall–Kier alpha value is -1.97. The molecule has 1 aliphatic carbocycles. The van der Waals surface area contributed by atoms with Crippen molar-refractivity contribution in [1.29, 1.82) is 0 Å². The number of aliphatic imine (C=N–C) groups is 1. The Morgan fingerprint density at radius 1 is 1.19 bits per heavy atom. The Kier molecular flexibility index (Phi) is 5.67. The molecule has 2 rings (SSSR count). The lowest BCUT2D eigenvalue weighted by atomic mass is 10.2. The maximum atomic E-state index is 4.67. The van der Waals surface area contributed by atoms with Crippen LogP contribution in [0.15, 0.2) is 41.4 Å². The van der Waals surface area contributed by atoms with Crippen molar-refractivity contribution >= 4 is 11.6 Å². The minimum absolute atomic E-state index is 0.485. The van der Waals surface area contributed by atoms with E-state index in [4.69, 9.17) is 0 Å². The highest BCUT2D eigenvalue weighted by Gasteiger charge is 2.11. The molecule has 1 aliphatic rings. The van der Waals surface area contributed by atoms with Gasteiger partial charge in [-0.2, -0.15) is 0 Å². The second-order valence-electron chi connectivity index (χ2n) is 5.54. The lowest BCUT2D eigenvalue weighted by Crippen LogP contribution is -2.42. The Labute approximate surface area is 128 Å². The molecule has 0 fully saturated rings. The Morgan fingerprint density at radius 2 is 1.86 bits per heavy atom. The van der Waals surface area contributed by atoms with E-state index < -0.39 is 0 Å². The SMILES string of the molecule is CCNC(=NCc1ccc(N(C)C)cc1)NC1CC=CC1. The largest absolute Gasteiger partial charge is 0.378 e. The molecule has 21 heavy (non-hydrogen) atoms. The molecule has 0 amide bonds. The maximum absolute atomic E-state index is 4.67. The van der Waals surface area contributed by atoms with Crippen LogP contribution in [0, 0.1) is 0 Å². The monoisotopic (exact) mass is 286 g/mol. The van der Waals surface area contributed by atoms with Gasteiger partial charge in [-0.25, -0.2) is 4.99 Å². The minimum atomic E-state index is 0.485. The van der Waals surface area contributed by atoms with E-state index in [0.717, 1.165) is 25.3 Å². The van der Waals surface area contributed by atoms with Crippen molar-refractivity contribution in [2.75, 3.05) is 25.5 Å². The van der Waals surface area contributed by atoms with Gasteiger partial charge in [-0.1, -0.05) is 24.3 Å². The number of hydrogen-bond donors (Lipinski definition) is 2. The van der Waals surface area contributed by atoms with Crippen LogP contribution in [0.3, 0.4) is 0 Å². The summed E-state index contributed by atoms with van der Waals surface area (Å²) in [5.41, 5.74) is 2.44. The minimum Gasteiger partial charge on any atom is -0.378 e. The first-order valence-corrected chi connectivity index (χ1v) is 7.65. The number of nitrogens with zero attached hydrogens (tertiary/aromatic N) is 2. The standard InChI is InChI=1S/C17H26N4/c1-4-18-17(20-15-7-5-6-8-15)19-13-14-9-11-16(12-10-14)21(2)3/h5-6,9-12,15H,4,7-8,13H2,1-3H3,(H2,18,19,20). The summed E-state index contributed by atoms with van der Waals surface area (Å²) in [6, 6.07) is 9.02. The molecule has 0 unspecified atom stereocenters. The molecule has 0 heterocycles. The van der Waals surface area contributed by atoms with Crippen molar-refractivity contribution in [1.82, 2.24) is 10.6 Å². The second kappa shape index (κ2) is 7.72. The highest BCUT2D eigenvalue weighted by Crippen LogP contribution is 2.13. The molecule has 4 nitrogen and oxygen atoms in total. The van der Waals surface area contributed by atoms with Crippen LogP contribution in [-0.2, 0) is 6.54 Å². The van der Waals surface area contributed by atoms with Gasteiger partial charge in [0.2, 0.25) is 0 Å². The predicted molar refractivity (Wildman–Crippen MR) is 90.9 cm³/mol. The molecule has 0 saturated carbocycles. The zero-order chi connectivity index (χ0) is 15.1. The average molecular weight is 286 g/mol. The highest BCUT2D eigenvalue weighted by molar-refractivity contribution is 5.80. The van der Waals surface area contributed by atoms with Gasteiger partial charge in [-0.3, -0.25) is 0 Å². The molecule has 114 valence electrons. The summed E-state index contributed by atoms with van der Waals surface area (Å²) in [6.45, 7) is 3.67. The molecule has 0 atom stereocenters. The van der Waals surface area contributed by atoms with Gasteiger partial charge >= 0.3 is 0 Å². The molecule has 1 aromatic carbocycles. The molecule has 0 spiro atoms. The van der Waals surface area contributed by atoms with E-state index in [-0.39, 0.29) is 0 Å². The smallest absolute Gasteiger partial charge is 0.191 e. The molecule has 0 bridgehead atoms. The van der Waals surface area contributed by atoms with Crippen LogP contribution in [-0.4, -0.2) is 32.6 Å². The highest BCUT2D eigenvalue weighted by atomic mass is 15.2. The molecule has 2 N–H and O–H groups in total. The third-order valence-corrected chi connectivity index (χ3v) is 3.57. The van der Waals surface area contributed by atoms with Gasteiger partial charge in [-0.05, 0) is 37.5 Å². The quantitative estimate of drug-likeness (QED) is 0.496. The van der Waals surface area contributed by atoms with Crippen LogP contribution >= 0.6 is 0 Å². The first kappa shape index (κ1) is 15.4.